The smallest absolute Gasteiger partial charge is 0.161 e. The Kier molecular flexibility index (Phi) is 3.65. The normalized spacial score (nSPS) is 15.1. The van der Waals surface area contributed by atoms with Gasteiger partial charge in [0.2, 0.25) is 0 Å². The second kappa shape index (κ2) is 5.59. The summed E-state index contributed by atoms with van der Waals surface area (Å²) >= 11 is 0. The molecule has 1 unspecified atom stereocenters. The van der Waals surface area contributed by atoms with Crippen molar-refractivity contribution in [2.24, 2.45) is 7.05 Å². The Hall–Kier alpha value is -1.94. The van der Waals surface area contributed by atoms with E-state index in [1.165, 1.54) is 11.3 Å². The van der Waals surface area contributed by atoms with E-state index in [0.717, 1.165) is 18.0 Å². The molecule has 2 aromatic rings. The molecular formula is C16H20N2O2. The molecule has 20 heavy (non-hydrogen) atoms. The summed E-state index contributed by atoms with van der Waals surface area (Å²) in [6, 6.07) is 10.6. The zero-order chi connectivity index (χ0) is 13.9. The van der Waals surface area contributed by atoms with Gasteiger partial charge in [-0.1, -0.05) is 6.07 Å². The van der Waals surface area contributed by atoms with Crippen molar-refractivity contribution in [1.82, 2.24) is 9.88 Å². The van der Waals surface area contributed by atoms with Gasteiger partial charge < -0.3 is 19.4 Å². The first kappa shape index (κ1) is 13.1. The van der Waals surface area contributed by atoms with Gasteiger partial charge in [0.1, 0.15) is 13.2 Å². The maximum absolute atomic E-state index is 5.63. The first-order valence-electron chi connectivity index (χ1n) is 6.97. The Morgan fingerprint density at radius 1 is 1.20 bits per heavy atom. The highest BCUT2D eigenvalue weighted by Gasteiger charge is 2.14. The summed E-state index contributed by atoms with van der Waals surface area (Å²) in [7, 11) is 2.06. The molecule has 3 rings (SSSR count). The topological polar surface area (TPSA) is 35.4 Å². The van der Waals surface area contributed by atoms with Crippen molar-refractivity contribution in [1.29, 1.82) is 0 Å². The van der Waals surface area contributed by atoms with Gasteiger partial charge in [0.15, 0.2) is 11.5 Å². The summed E-state index contributed by atoms with van der Waals surface area (Å²) in [5.41, 5.74) is 2.48. The third kappa shape index (κ3) is 2.65. The van der Waals surface area contributed by atoms with Crippen LogP contribution in [0.3, 0.4) is 0 Å². The lowest BCUT2D eigenvalue weighted by molar-refractivity contribution is 0.171. The number of rotatable bonds is 4. The molecule has 1 aromatic heterocycles. The lowest BCUT2D eigenvalue weighted by Crippen LogP contribution is -2.20. The lowest BCUT2D eigenvalue weighted by Gasteiger charge is -2.21. The van der Waals surface area contributed by atoms with Gasteiger partial charge in [-0.25, -0.2) is 0 Å². The fourth-order valence-corrected chi connectivity index (χ4v) is 2.38. The Labute approximate surface area is 119 Å². The van der Waals surface area contributed by atoms with Crippen LogP contribution in [0.25, 0.3) is 0 Å². The molecule has 2 heterocycles. The molecule has 0 saturated carbocycles. The molecular weight excluding hydrogens is 252 g/mol. The number of nitrogens with zero attached hydrogens (tertiary/aromatic N) is 1. The molecule has 1 atom stereocenters. The lowest BCUT2D eigenvalue weighted by atomic mass is 10.1. The van der Waals surface area contributed by atoms with Crippen molar-refractivity contribution in [3.8, 4) is 11.5 Å². The maximum Gasteiger partial charge on any atom is 0.161 e. The van der Waals surface area contributed by atoms with E-state index in [1.807, 2.05) is 6.07 Å². The van der Waals surface area contributed by atoms with E-state index in [-0.39, 0.29) is 6.04 Å². The molecule has 0 fully saturated rings. The summed E-state index contributed by atoms with van der Waals surface area (Å²) in [5.74, 6) is 1.69. The number of aryl methyl sites for hydroxylation is 1. The number of benzene rings is 1. The van der Waals surface area contributed by atoms with E-state index in [4.69, 9.17) is 9.47 Å². The average molecular weight is 272 g/mol. The number of nitrogens with one attached hydrogen (secondary N) is 1. The zero-order valence-corrected chi connectivity index (χ0v) is 11.9. The molecule has 106 valence electrons. The fourth-order valence-electron chi connectivity index (χ4n) is 2.38. The van der Waals surface area contributed by atoms with E-state index in [1.54, 1.807) is 0 Å². The van der Waals surface area contributed by atoms with Crippen molar-refractivity contribution in [3.05, 3.63) is 47.8 Å². The zero-order valence-electron chi connectivity index (χ0n) is 11.9. The number of fused-ring (bicyclic) bond motifs is 1. The van der Waals surface area contributed by atoms with Crippen molar-refractivity contribution in [3.63, 3.8) is 0 Å². The molecule has 0 radical (unpaired) electrons. The second-order valence-corrected chi connectivity index (χ2v) is 5.12. The standard InChI is InChI=1S/C16H20N2O2/c1-12(17-11-14-4-3-7-18(14)2)13-5-6-15-16(10-13)20-9-8-19-15/h3-7,10,12,17H,8-9,11H2,1-2H3. The molecule has 0 spiro atoms. The quantitative estimate of drug-likeness (QED) is 0.929. The molecule has 4 nitrogen and oxygen atoms in total. The molecule has 0 saturated heterocycles. The van der Waals surface area contributed by atoms with Gasteiger partial charge >= 0.3 is 0 Å². The van der Waals surface area contributed by atoms with Crippen LogP contribution in [-0.2, 0) is 13.6 Å². The van der Waals surface area contributed by atoms with Crippen molar-refractivity contribution in [2.45, 2.75) is 19.5 Å². The Morgan fingerprint density at radius 2 is 2.00 bits per heavy atom. The predicted octanol–water partition coefficient (Wildman–Crippen LogP) is 2.65. The first-order chi connectivity index (χ1) is 9.74. The number of ether oxygens (including phenoxy) is 2. The van der Waals surface area contributed by atoms with Gasteiger partial charge in [0, 0.05) is 31.5 Å². The Bertz CT molecular complexity index is 592. The number of hydrogen-bond acceptors (Lipinski definition) is 3. The van der Waals surface area contributed by atoms with Gasteiger partial charge in [-0.2, -0.15) is 0 Å². The molecule has 0 bridgehead atoms. The molecule has 0 amide bonds. The van der Waals surface area contributed by atoms with E-state index in [9.17, 15) is 0 Å². The summed E-state index contributed by atoms with van der Waals surface area (Å²) in [6.45, 7) is 4.27. The van der Waals surface area contributed by atoms with Crippen LogP contribution in [0.15, 0.2) is 36.5 Å². The highest BCUT2D eigenvalue weighted by molar-refractivity contribution is 5.44. The van der Waals surface area contributed by atoms with E-state index in [0.29, 0.717) is 13.2 Å². The third-order valence-electron chi connectivity index (χ3n) is 3.71. The van der Waals surface area contributed by atoms with Gasteiger partial charge in [-0.15, -0.1) is 0 Å². The maximum atomic E-state index is 5.63. The molecule has 1 aliphatic heterocycles. The predicted molar refractivity (Wildman–Crippen MR) is 78.1 cm³/mol. The number of hydrogen-bond donors (Lipinski definition) is 1. The van der Waals surface area contributed by atoms with Crippen LogP contribution >= 0.6 is 0 Å². The minimum absolute atomic E-state index is 0.265. The average Bonchev–Trinajstić information content (AvgIpc) is 2.89. The number of aromatic nitrogens is 1. The first-order valence-corrected chi connectivity index (χ1v) is 6.97. The largest absolute Gasteiger partial charge is 0.486 e. The van der Waals surface area contributed by atoms with Gasteiger partial charge in [-0.3, -0.25) is 0 Å². The second-order valence-electron chi connectivity index (χ2n) is 5.12. The van der Waals surface area contributed by atoms with Crippen molar-refractivity contribution >= 4 is 0 Å². The minimum atomic E-state index is 0.265. The minimum Gasteiger partial charge on any atom is -0.486 e. The summed E-state index contributed by atoms with van der Waals surface area (Å²) in [6.07, 6.45) is 2.06. The highest BCUT2D eigenvalue weighted by Crippen LogP contribution is 2.32. The van der Waals surface area contributed by atoms with E-state index < -0.39 is 0 Å². The van der Waals surface area contributed by atoms with Crippen LogP contribution in [0.4, 0.5) is 0 Å². The summed E-state index contributed by atoms with van der Waals surface area (Å²) in [5, 5.41) is 3.53. The third-order valence-corrected chi connectivity index (χ3v) is 3.71. The van der Waals surface area contributed by atoms with Crippen molar-refractivity contribution < 1.29 is 9.47 Å². The van der Waals surface area contributed by atoms with Gasteiger partial charge in [0.25, 0.3) is 0 Å². The van der Waals surface area contributed by atoms with Crippen LogP contribution in [0, 0.1) is 0 Å². The molecule has 0 aliphatic carbocycles. The van der Waals surface area contributed by atoms with E-state index in [2.05, 4.69) is 54.3 Å². The molecule has 1 aromatic carbocycles. The van der Waals surface area contributed by atoms with Crippen LogP contribution in [0.5, 0.6) is 11.5 Å². The Balaban J connectivity index is 1.67. The summed E-state index contributed by atoms with van der Waals surface area (Å²) in [4.78, 5) is 0. The van der Waals surface area contributed by atoms with Gasteiger partial charge in [-0.05, 0) is 36.8 Å². The molecule has 1 N–H and O–H groups in total. The van der Waals surface area contributed by atoms with Crippen LogP contribution in [0.1, 0.15) is 24.2 Å². The fraction of sp³-hybridized carbons (Fsp3) is 0.375. The van der Waals surface area contributed by atoms with Crippen LogP contribution in [0.2, 0.25) is 0 Å². The Morgan fingerprint density at radius 3 is 2.75 bits per heavy atom. The summed E-state index contributed by atoms with van der Waals surface area (Å²) < 4.78 is 13.3. The molecule has 4 heteroatoms. The van der Waals surface area contributed by atoms with Crippen LogP contribution < -0.4 is 14.8 Å². The monoisotopic (exact) mass is 272 g/mol. The highest BCUT2D eigenvalue weighted by atomic mass is 16.6. The molecule has 1 aliphatic rings. The van der Waals surface area contributed by atoms with Crippen molar-refractivity contribution in [2.75, 3.05) is 13.2 Å². The van der Waals surface area contributed by atoms with E-state index >= 15 is 0 Å². The van der Waals surface area contributed by atoms with Crippen LogP contribution in [-0.4, -0.2) is 17.8 Å². The SMILES string of the molecule is CC(NCc1cccn1C)c1ccc2c(c1)OCCO2. The van der Waals surface area contributed by atoms with Gasteiger partial charge in [0.05, 0.1) is 0 Å².